The lowest BCUT2D eigenvalue weighted by atomic mass is 9.97. The normalized spacial score (nSPS) is 10.3. The predicted molar refractivity (Wildman–Crippen MR) is 413 cm³/mol. The zero-order valence-electron chi connectivity index (χ0n) is 58.0. The van der Waals surface area contributed by atoms with Gasteiger partial charge in [0.15, 0.2) is 34.9 Å². The molecule has 510 valence electrons. The van der Waals surface area contributed by atoms with Crippen LogP contribution in [-0.4, -0.2) is 32.0 Å². The standard InChI is InChI=1S/C19H17N.C19H16.C17H14N2.C16H13N3.C13H13N.C7H3F5/c1-16-12-14-19(15-13-16)20(17-8-4-2-5-9-17)18-10-6-3-7-11-18;1-15-12-18(16-8-4-2-5-9-16)14-19(13-15)17-10-6-3-7-11-17;1-13-18-16(14-8-4-2-5-9-14)12-17(19-13)15-10-6-3-7-11-15;1-12-17-15(13-8-4-2-5-9-13)19-16(18-12)14-10-6-3-7-11-14;1-14(12-8-4-2-5-9-12)13-10-6-3-7-11-13;1-2-3(8)5(10)7(12)6(11)4(2)9/h2-15H,1H3;2-14H,1H3;2-12H,1H3;2-11H,1H3;2-11H,1H3;1H3. The molecule has 0 saturated heterocycles. The second-order valence-corrected chi connectivity index (χ2v) is 23.8. The summed E-state index contributed by atoms with van der Waals surface area (Å²) in [7, 11) is 2.07. The van der Waals surface area contributed by atoms with Crippen LogP contribution in [0.4, 0.5) is 50.4 Å². The first-order chi connectivity index (χ1) is 50.2. The summed E-state index contributed by atoms with van der Waals surface area (Å²) in [6.07, 6.45) is 0. The van der Waals surface area contributed by atoms with Crippen molar-refractivity contribution in [1.29, 1.82) is 0 Å². The van der Waals surface area contributed by atoms with Crippen LogP contribution in [0.2, 0.25) is 0 Å². The Morgan fingerprint density at radius 1 is 0.223 bits per heavy atom. The van der Waals surface area contributed by atoms with Crippen LogP contribution in [-0.2, 0) is 0 Å². The second kappa shape index (κ2) is 36.9. The number of anilines is 5. The number of nitrogens with zero attached hydrogens (tertiary/aromatic N) is 7. The quantitative estimate of drug-likeness (QED) is 0.0726. The highest BCUT2D eigenvalue weighted by atomic mass is 19.2. The Morgan fingerprint density at radius 3 is 0.835 bits per heavy atom. The van der Waals surface area contributed by atoms with E-state index in [2.05, 4.69) is 280 Å². The first kappa shape index (κ1) is 72.9. The van der Waals surface area contributed by atoms with E-state index in [4.69, 9.17) is 0 Å². The molecule has 7 nitrogen and oxygen atoms in total. The van der Waals surface area contributed by atoms with Gasteiger partial charge in [0, 0.05) is 63.3 Å². The van der Waals surface area contributed by atoms with Crippen molar-refractivity contribution in [3.63, 3.8) is 0 Å². The van der Waals surface area contributed by atoms with Crippen LogP contribution >= 0.6 is 0 Å². The predicted octanol–water partition coefficient (Wildman–Crippen LogP) is 24.6. The molecule has 13 aromatic carbocycles. The molecule has 0 radical (unpaired) electrons. The minimum absolute atomic E-state index is 0.715. The molecule has 0 atom stereocenters. The van der Waals surface area contributed by atoms with Gasteiger partial charge in [-0.3, -0.25) is 0 Å². The molecule has 15 rings (SSSR count). The largest absolute Gasteiger partial charge is 0.345 e. The molecule has 0 spiro atoms. The summed E-state index contributed by atoms with van der Waals surface area (Å²) in [4.78, 5) is 26.8. The number of aromatic nitrogens is 5. The van der Waals surface area contributed by atoms with E-state index in [1.165, 1.54) is 61.8 Å². The Morgan fingerprint density at radius 2 is 0.495 bits per heavy atom. The number of hydrogen-bond donors (Lipinski definition) is 0. The molecule has 0 aliphatic rings. The van der Waals surface area contributed by atoms with E-state index in [0.29, 0.717) is 11.6 Å². The smallest absolute Gasteiger partial charge is 0.200 e. The molecule has 0 bridgehead atoms. The molecule has 2 aromatic heterocycles. The number of hydrogen-bond acceptors (Lipinski definition) is 7. The second-order valence-electron chi connectivity index (χ2n) is 23.8. The van der Waals surface area contributed by atoms with Crippen molar-refractivity contribution in [2.24, 2.45) is 0 Å². The first-order valence-corrected chi connectivity index (χ1v) is 33.5. The molecule has 15 aromatic rings. The monoisotopic (exact) mass is 1360 g/mol. The van der Waals surface area contributed by atoms with Crippen LogP contribution in [0.3, 0.4) is 0 Å². The maximum atomic E-state index is 12.4. The van der Waals surface area contributed by atoms with Gasteiger partial charge in [-0.15, -0.1) is 0 Å². The molecule has 0 aliphatic heterocycles. The Kier molecular flexibility index (Phi) is 26.1. The van der Waals surface area contributed by atoms with Crippen molar-refractivity contribution in [1.82, 2.24) is 24.9 Å². The Bertz CT molecular complexity index is 4410. The lowest BCUT2D eigenvalue weighted by Gasteiger charge is -2.25. The SMILES string of the molecule is CN(c1ccccc1)c1ccccc1.Cc1c(F)c(F)c(F)c(F)c1F.Cc1cc(-c2ccccc2)cc(-c2ccccc2)c1.Cc1ccc(N(c2ccccc2)c2ccccc2)cc1.Cc1nc(-c2ccccc2)cc(-c2ccccc2)n1.Cc1nc(-c2ccccc2)nc(-c2ccccc2)n1. The number of para-hydroxylation sites is 4. The van der Waals surface area contributed by atoms with Crippen LogP contribution in [0.1, 0.15) is 28.3 Å². The van der Waals surface area contributed by atoms with Gasteiger partial charge in [0.1, 0.15) is 11.6 Å². The van der Waals surface area contributed by atoms with Crippen molar-refractivity contribution in [3.8, 4) is 67.5 Å². The Labute approximate surface area is 600 Å². The summed E-state index contributed by atoms with van der Waals surface area (Å²) in [5.41, 5.74) is 18.9. The van der Waals surface area contributed by atoms with Crippen molar-refractivity contribution in [2.45, 2.75) is 34.6 Å². The molecule has 12 heteroatoms. The summed E-state index contributed by atoms with van der Waals surface area (Å²) >= 11 is 0. The van der Waals surface area contributed by atoms with E-state index >= 15 is 0 Å². The van der Waals surface area contributed by atoms with Gasteiger partial charge in [0.05, 0.1) is 11.4 Å². The van der Waals surface area contributed by atoms with E-state index in [0.717, 1.165) is 52.2 Å². The highest BCUT2D eigenvalue weighted by molar-refractivity contribution is 5.77. The highest BCUT2D eigenvalue weighted by Gasteiger charge is 2.23. The summed E-state index contributed by atoms with van der Waals surface area (Å²) in [5.74, 6) is -6.57. The molecule has 0 amide bonds. The summed E-state index contributed by atoms with van der Waals surface area (Å²) in [6.45, 7) is 8.90. The van der Waals surface area contributed by atoms with Crippen LogP contribution in [0.25, 0.3) is 67.5 Å². The number of aryl methyl sites for hydroxylation is 4. The lowest BCUT2D eigenvalue weighted by Crippen LogP contribution is -2.09. The molecular weight excluding hydrogens is 1290 g/mol. The van der Waals surface area contributed by atoms with Gasteiger partial charge in [-0.1, -0.05) is 285 Å². The molecule has 0 fully saturated rings. The van der Waals surface area contributed by atoms with Gasteiger partial charge in [0.2, 0.25) is 5.82 Å². The van der Waals surface area contributed by atoms with E-state index in [9.17, 15) is 22.0 Å². The lowest BCUT2D eigenvalue weighted by molar-refractivity contribution is 0.373. The number of rotatable bonds is 11. The van der Waals surface area contributed by atoms with Gasteiger partial charge < -0.3 is 9.80 Å². The molecule has 103 heavy (non-hydrogen) atoms. The van der Waals surface area contributed by atoms with Gasteiger partial charge in [-0.05, 0) is 135 Å². The van der Waals surface area contributed by atoms with E-state index in [1.807, 2.05) is 141 Å². The zero-order chi connectivity index (χ0) is 72.3. The molecule has 0 N–H and O–H groups in total. The van der Waals surface area contributed by atoms with Gasteiger partial charge in [-0.25, -0.2) is 46.9 Å². The zero-order valence-corrected chi connectivity index (χ0v) is 58.0. The maximum Gasteiger partial charge on any atom is 0.200 e. The molecular formula is C91H76F5N7. The Balaban J connectivity index is 0.000000134. The highest BCUT2D eigenvalue weighted by Crippen LogP contribution is 2.35. The van der Waals surface area contributed by atoms with Crippen LogP contribution in [0.5, 0.6) is 0 Å². The van der Waals surface area contributed by atoms with Crippen LogP contribution in [0.15, 0.2) is 352 Å². The molecule has 0 unspecified atom stereocenters. The minimum atomic E-state index is -2.13. The van der Waals surface area contributed by atoms with E-state index in [1.54, 1.807) is 0 Å². The van der Waals surface area contributed by atoms with Gasteiger partial charge in [-0.2, -0.15) is 0 Å². The number of halogens is 5. The molecule has 0 saturated carbocycles. The van der Waals surface area contributed by atoms with Crippen molar-refractivity contribution in [2.75, 3.05) is 16.8 Å². The summed E-state index contributed by atoms with van der Waals surface area (Å²) < 4.78 is 61.6. The first-order valence-electron chi connectivity index (χ1n) is 33.5. The van der Waals surface area contributed by atoms with Gasteiger partial charge in [0.25, 0.3) is 0 Å². The summed E-state index contributed by atoms with van der Waals surface area (Å²) in [6, 6.07) is 120. The fraction of sp³-hybridized carbons (Fsp3) is 0.0659. The third-order valence-electron chi connectivity index (χ3n) is 16.1. The van der Waals surface area contributed by atoms with Gasteiger partial charge >= 0.3 is 0 Å². The molecule has 0 aliphatic carbocycles. The van der Waals surface area contributed by atoms with Crippen molar-refractivity contribution >= 4 is 28.4 Å². The minimum Gasteiger partial charge on any atom is -0.345 e. The topological polar surface area (TPSA) is 70.9 Å². The Hall–Kier alpha value is -12.8. The van der Waals surface area contributed by atoms with Crippen molar-refractivity contribution in [3.05, 3.63) is 409 Å². The average molecular weight is 1360 g/mol. The van der Waals surface area contributed by atoms with Crippen LogP contribution < -0.4 is 9.80 Å². The molecule has 2 heterocycles. The summed E-state index contributed by atoms with van der Waals surface area (Å²) in [5, 5.41) is 0. The van der Waals surface area contributed by atoms with E-state index < -0.39 is 34.6 Å². The maximum absolute atomic E-state index is 12.4. The third-order valence-corrected chi connectivity index (χ3v) is 16.1. The van der Waals surface area contributed by atoms with E-state index in [-0.39, 0.29) is 0 Å². The van der Waals surface area contributed by atoms with Crippen LogP contribution in [0, 0.1) is 63.7 Å². The third kappa shape index (κ3) is 20.7. The number of benzene rings is 13. The fourth-order valence-corrected chi connectivity index (χ4v) is 10.8. The fourth-order valence-electron chi connectivity index (χ4n) is 10.8. The average Bonchev–Trinajstić information content (AvgIpc) is 0.826. The van der Waals surface area contributed by atoms with Crippen molar-refractivity contribution < 1.29 is 22.0 Å².